The molecule has 1 aliphatic rings. The molecule has 4 heterocycles. The summed E-state index contributed by atoms with van der Waals surface area (Å²) < 4.78 is 8.06. The summed E-state index contributed by atoms with van der Waals surface area (Å²) in [5.74, 6) is 1.74. The highest BCUT2D eigenvalue weighted by molar-refractivity contribution is 7.18. The molecule has 1 N–H and O–H groups in total. The van der Waals surface area contributed by atoms with E-state index in [-0.39, 0.29) is 0 Å². The Morgan fingerprint density at radius 1 is 1.19 bits per heavy atom. The van der Waals surface area contributed by atoms with Crippen LogP contribution >= 0.6 is 11.3 Å². The minimum atomic E-state index is 0.480. The van der Waals surface area contributed by atoms with Crippen LogP contribution in [-0.4, -0.2) is 25.0 Å². The molecule has 7 heteroatoms. The van der Waals surface area contributed by atoms with Crippen LogP contribution in [0.5, 0.6) is 0 Å². The molecule has 5 rings (SSSR count). The summed E-state index contributed by atoms with van der Waals surface area (Å²) in [5, 5.41) is 16.8. The van der Waals surface area contributed by atoms with Crippen molar-refractivity contribution in [3.05, 3.63) is 71.1 Å². The summed E-state index contributed by atoms with van der Waals surface area (Å²) in [6, 6.07) is 10.5. The molecule has 4 aromatic rings. The van der Waals surface area contributed by atoms with Crippen LogP contribution in [0.25, 0.3) is 15.4 Å². The van der Waals surface area contributed by atoms with Crippen molar-refractivity contribution in [2.75, 3.05) is 0 Å². The van der Waals surface area contributed by atoms with Gasteiger partial charge in [-0.2, -0.15) is 5.10 Å². The van der Waals surface area contributed by atoms with Crippen LogP contribution in [0, 0.1) is 6.92 Å². The topological polar surface area (TPSA) is 68.6 Å². The van der Waals surface area contributed by atoms with Crippen molar-refractivity contribution in [3.63, 3.8) is 0 Å². The SMILES string of the molecule is Cc1nnc2n1-c1sc(-c3cn[nH]c3)c(Cc3ccccc3)c1COC2. The molecule has 0 radical (unpaired) electrons. The van der Waals surface area contributed by atoms with Crippen LogP contribution < -0.4 is 0 Å². The molecule has 0 atom stereocenters. The van der Waals surface area contributed by atoms with Crippen molar-refractivity contribution in [1.29, 1.82) is 0 Å². The van der Waals surface area contributed by atoms with E-state index in [0.29, 0.717) is 13.2 Å². The first-order valence-corrected chi connectivity index (χ1v) is 9.29. The number of hydrogen-bond acceptors (Lipinski definition) is 5. The third-order valence-electron chi connectivity index (χ3n) is 4.65. The largest absolute Gasteiger partial charge is 0.369 e. The number of hydrogen-bond donors (Lipinski definition) is 1. The second kappa shape index (κ2) is 6.19. The minimum absolute atomic E-state index is 0.480. The number of aromatic nitrogens is 5. The Hall–Kier alpha value is -2.77. The van der Waals surface area contributed by atoms with Crippen LogP contribution in [0.4, 0.5) is 0 Å². The molecular formula is C19H17N5OS. The summed E-state index contributed by atoms with van der Waals surface area (Å²) in [5.41, 5.74) is 4.89. The third kappa shape index (κ3) is 2.48. The van der Waals surface area contributed by atoms with Gasteiger partial charge in [-0.15, -0.1) is 21.5 Å². The molecule has 1 aliphatic heterocycles. The number of benzene rings is 1. The molecule has 0 spiro atoms. The average Bonchev–Trinajstić information content (AvgIpc) is 3.35. The zero-order chi connectivity index (χ0) is 17.5. The zero-order valence-electron chi connectivity index (χ0n) is 14.3. The van der Waals surface area contributed by atoms with Crippen LogP contribution in [0.1, 0.15) is 28.3 Å². The predicted octanol–water partition coefficient (Wildman–Crippen LogP) is 3.65. The van der Waals surface area contributed by atoms with Gasteiger partial charge in [0.15, 0.2) is 5.82 Å². The quantitative estimate of drug-likeness (QED) is 0.603. The molecule has 0 saturated carbocycles. The number of nitrogens with one attached hydrogen (secondary N) is 1. The van der Waals surface area contributed by atoms with E-state index >= 15 is 0 Å². The predicted molar refractivity (Wildman–Crippen MR) is 99.3 cm³/mol. The fourth-order valence-corrected chi connectivity index (χ4v) is 4.79. The molecule has 0 unspecified atom stereocenters. The summed E-state index contributed by atoms with van der Waals surface area (Å²) in [4.78, 5) is 1.22. The first-order valence-electron chi connectivity index (χ1n) is 8.48. The van der Waals surface area contributed by atoms with Gasteiger partial charge in [0.05, 0.1) is 12.8 Å². The lowest BCUT2D eigenvalue weighted by Gasteiger charge is -2.08. The summed E-state index contributed by atoms with van der Waals surface area (Å²) in [6.45, 7) is 3.04. The second-order valence-electron chi connectivity index (χ2n) is 6.33. The van der Waals surface area contributed by atoms with Gasteiger partial charge >= 0.3 is 0 Å². The fourth-order valence-electron chi connectivity index (χ4n) is 3.42. The molecule has 0 bridgehead atoms. The Kier molecular flexibility index (Phi) is 3.69. The smallest absolute Gasteiger partial charge is 0.164 e. The summed E-state index contributed by atoms with van der Waals surface area (Å²) in [6.07, 6.45) is 4.67. The summed E-state index contributed by atoms with van der Waals surface area (Å²) in [7, 11) is 0. The van der Waals surface area contributed by atoms with Crippen molar-refractivity contribution in [3.8, 4) is 15.4 Å². The monoisotopic (exact) mass is 363 g/mol. The third-order valence-corrected chi connectivity index (χ3v) is 5.96. The van der Waals surface area contributed by atoms with Crippen LogP contribution in [-0.2, 0) is 24.4 Å². The Balaban J connectivity index is 1.73. The molecular weight excluding hydrogens is 346 g/mol. The van der Waals surface area contributed by atoms with E-state index in [0.717, 1.165) is 28.6 Å². The van der Waals surface area contributed by atoms with Crippen molar-refractivity contribution in [2.45, 2.75) is 26.6 Å². The number of thiophene rings is 1. The van der Waals surface area contributed by atoms with Crippen molar-refractivity contribution >= 4 is 11.3 Å². The van der Waals surface area contributed by atoms with Crippen LogP contribution in [0.2, 0.25) is 0 Å². The maximum absolute atomic E-state index is 5.93. The molecule has 6 nitrogen and oxygen atoms in total. The van der Waals surface area contributed by atoms with Crippen molar-refractivity contribution < 1.29 is 4.74 Å². The van der Waals surface area contributed by atoms with E-state index < -0.39 is 0 Å². The van der Waals surface area contributed by atoms with Gasteiger partial charge in [-0.1, -0.05) is 30.3 Å². The molecule has 0 saturated heterocycles. The van der Waals surface area contributed by atoms with Gasteiger partial charge in [0.2, 0.25) is 0 Å². The Bertz CT molecular complexity index is 1050. The number of ether oxygens (including phenoxy) is 1. The number of aromatic amines is 1. The lowest BCUT2D eigenvalue weighted by molar-refractivity contribution is 0.105. The van der Waals surface area contributed by atoms with Gasteiger partial charge in [-0.3, -0.25) is 9.67 Å². The van der Waals surface area contributed by atoms with E-state index in [9.17, 15) is 0 Å². The molecule has 0 aliphatic carbocycles. The van der Waals surface area contributed by atoms with Crippen LogP contribution in [0.15, 0.2) is 42.7 Å². The molecule has 3 aromatic heterocycles. The highest BCUT2D eigenvalue weighted by Crippen LogP contribution is 2.42. The Morgan fingerprint density at radius 2 is 2.08 bits per heavy atom. The number of nitrogens with zero attached hydrogens (tertiary/aromatic N) is 4. The Morgan fingerprint density at radius 3 is 2.88 bits per heavy atom. The maximum atomic E-state index is 5.93. The standard InChI is InChI=1S/C19H17N5OS/c1-12-22-23-17-11-25-10-16-15(7-13-5-3-2-4-6-13)18(14-8-20-21-9-14)26-19(16)24(12)17/h2-6,8-9H,7,10-11H2,1H3,(H,20,21). The van der Waals surface area contributed by atoms with Crippen LogP contribution in [0.3, 0.4) is 0 Å². The Labute approximate surface area is 154 Å². The first-order chi connectivity index (χ1) is 12.8. The number of H-pyrrole nitrogens is 1. The molecule has 0 fully saturated rings. The summed E-state index contributed by atoms with van der Waals surface area (Å²) >= 11 is 1.76. The first kappa shape index (κ1) is 15.5. The van der Waals surface area contributed by atoms with E-state index in [1.54, 1.807) is 11.3 Å². The number of rotatable bonds is 3. The minimum Gasteiger partial charge on any atom is -0.369 e. The number of fused-ring (bicyclic) bond motifs is 3. The van der Waals surface area contributed by atoms with Crippen molar-refractivity contribution in [2.24, 2.45) is 0 Å². The molecule has 0 amide bonds. The number of aryl methyl sites for hydroxylation is 1. The molecule has 130 valence electrons. The van der Waals surface area contributed by atoms with Gasteiger partial charge in [-0.05, 0) is 24.5 Å². The van der Waals surface area contributed by atoms with E-state index in [1.807, 2.05) is 25.4 Å². The lowest BCUT2D eigenvalue weighted by atomic mass is 9.99. The van der Waals surface area contributed by atoms with Gasteiger partial charge < -0.3 is 4.74 Å². The van der Waals surface area contributed by atoms with Gasteiger partial charge in [0.25, 0.3) is 0 Å². The van der Waals surface area contributed by atoms with Gasteiger partial charge in [0, 0.05) is 22.2 Å². The zero-order valence-corrected chi connectivity index (χ0v) is 15.1. The average molecular weight is 363 g/mol. The lowest BCUT2D eigenvalue weighted by Crippen LogP contribution is -2.00. The second-order valence-corrected chi connectivity index (χ2v) is 7.33. The fraction of sp³-hybridized carbons (Fsp3) is 0.211. The maximum Gasteiger partial charge on any atom is 0.164 e. The van der Waals surface area contributed by atoms with Crippen molar-refractivity contribution in [1.82, 2.24) is 25.0 Å². The van der Waals surface area contributed by atoms with E-state index in [1.165, 1.54) is 21.6 Å². The van der Waals surface area contributed by atoms with Gasteiger partial charge in [0.1, 0.15) is 17.4 Å². The molecule has 26 heavy (non-hydrogen) atoms. The highest BCUT2D eigenvalue weighted by Gasteiger charge is 2.26. The highest BCUT2D eigenvalue weighted by atomic mass is 32.1. The van der Waals surface area contributed by atoms with E-state index in [4.69, 9.17) is 4.74 Å². The molecule has 1 aromatic carbocycles. The normalized spacial score (nSPS) is 13.3. The van der Waals surface area contributed by atoms with Gasteiger partial charge in [-0.25, -0.2) is 0 Å². The van der Waals surface area contributed by atoms with E-state index in [2.05, 4.69) is 49.2 Å².